The minimum absolute atomic E-state index is 0.0959. The highest BCUT2D eigenvalue weighted by Gasteiger charge is 2.64. The zero-order valence-corrected chi connectivity index (χ0v) is 11.3. The summed E-state index contributed by atoms with van der Waals surface area (Å²) in [7, 11) is 0. The predicted molar refractivity (Wildman–Crippen MR) is 63.7 cm³/mol. The molecular weight excluding hydrogens is 259 g/mol. The first-order chi connectivity index (χ1) is 8.57. The molecule has 3 nitrogen and oxygen atoms in total. The highest BCUT2D eigenvalue weighted by Crippen LogP contribution is 2.48. The van der Waals surface area contributed by atoms with Crippen LogP contribution < -0.4 is 0 Å². The highest BCUT2D eigenvalue weighted by molar-refractivity contribution is 5.76. The van der Waals surface area contributed by atoms with E-state index >= 15 is 0 Å². The maximum Gasteiger partial charge on any atom is 0.406 e. The molecule has 0 aromatic carbocycles. The van der Waals surface area contributed by atoms with Gasteiger partial charge in [0, 0.05) is 12.6 Å². The minimum Gasteiger partial charge on any atom is -0.481 e. The molecule has 1 N–H and O–H groups in total. The van der Waals surface area contributed by atoms with E-state index in [0.717, 1.165) is 19.3 Å². The molecule has 2 rings (SSSR count). The van der Waals surface area contributed by atoms with Gasteiger partial charge in [0.25, 0.3) is 0 Å². The molecule has 19 heavy (non-hydrogen) atoms. The number of hydrogen-bond acceptors (Lipinski definition) is 2. The number of aliphatic carboxylic acids is 1. The number of carbonyl (C=O) groups is 1. The lowest BCUT2D eigenvalue weighted by molar-refractivity contribution is -0.227. The van der Waals surface area contributed by atoms with Gasteiger partial charge in [0.2, 0.25) is 0 Å². The number of rotatable bonds is 2. The lowest BCUT2D eigenvalue weighted by atomic mass is 9.86. The normalized spacial score (nSPS) is 35.7. The first-order valence-corrected chi connectivity index (χ1v) is 6.62. The summed E-state index contributed by atoms with van der Waals surface area (Å²) in [6.45, 7) is 4.05. The van der Waals surface area contributed by atoms with E-state index in [9.17, 15) is 18.0 Å². The Balaban J connectivity index is 2.12. The van der Waals surface area contributed by atoms with Gasteiger partial charge in [-0.15, -0.1) is 0 Å². The fourth-order valence-corrected chi connectivity index (χ4v) is 3.39. The molecule has 1 heterocycles. The van der Waals surface area contributed by atoms with Crippen LogP contribution in [0.4, 0.5) is 13.2 Å². The van der Waals surface area contributed by atoms with Gasteiger partial charge in [0.05, 0.1) is 0 Å². The third kappa shape index (κ3) is 2.47. The molecule has 110 valence electrons. The minimum atomic E-state index is -4.68. The summed E-state index contributed by atoms with van der Waals surface area (Å²) >= 11 is 0. The Labute approximate surface area is 110 Å². The first kappa shape index (κ1) is 14.6. The van der Waals surface area contributed by atoms with Crippen LogP contribution in [0.3, 0.4) is 0 Å². The van der Waals surface area contributed by atoms with E-state index in [1.165, 1.54) is 0 Å². The van der Waals surface area contributed by atoms with Gasteiger partial charge in [-0.2, -0.15) is 13.2 Å². The van der Waals surface area contributed by atoms with Crippen LogP contribution >= 0.6 is 0 Å². The maximum atomic E-state index is 13.1. The molecule has 1 aliphatic carbocycles. The van der Waals surface area contributed by atoms with Gasteiger partial charge in [-0.3, -0.25) is 9.69 Å². The third-order valence-electron chi connectivity index (χ3n) is 4.71. The number of halogens is 3. The predicted octanol–water partition coefficient (Wildman–Crippen LogP) is 2.90. The van der Waals surface area contributed by atoms with Crippen LogP contribution in [-0.2, 0) is 4.79 Å². The Kier molecular flexibility index (Phi) is 3.36. The molecule has 2 unspecified atom stereocenters. The SMILES string of the molecule is CC1(C)CCC(N2CCC(C(=O)O)(C(F)(F)F)C2)C1. The number of nitrogens with zero attached hydrogens (tertiary/aromatic N) is 1. The Bertz CT molecular complexity index is 381. The van der Waals surface area contributed by atoms with Crippen LogP contribution in [0.1, 0.15) is 39.5 Å². The number of alkyl halides is 3. The van der Waals surface area contributed by atoms with Gasteiger partial charge >= 0.3 is 12.1 Å². The number of likely N-dealkylation sites (tertiary alicyclic amines) is 1. The second-order valence-corrected chi connectivity index (χ2v) is 6.67. The molecular formula is C13H20F3NO2. The average Bonchev–Trinajstić information content (AvgIpc) is 2.80. The summed E-state index contributed by atoms with van der Waals surface area (Å²) in [5.74, 6) is -1.74. The summed E-state index contributed by atoms with van der Waals surface area (Å²) in [5, 5.41) is 9.02. The molecule has 0 spiro atoms. The van der Waals surface area contributed by atoms with Crippen LogP contribution in [0.15, 0.2) is 0 Å². The van der Waals surface area contributed by atoms with Gasteiger partial charge < -0.3 is 5.11 Å². The summed E-state index contributed by atoms with van der Waals surface area (Å²) < 4.78 is 39.2. The largest absolute Gasteiger partial charge is 0.481 e. The standard InChI is InChI=1S/C13H20F3NO2/c1-11(2)4-3-9(7-11)17-6-5-12(8-17,10(18)19)13(14,15)16/h9H,3-8H2,1-2H3,(H,18,19). The zero-order chi connectivity index (χ0) is 14.5. The molecule has 2 atom stereocenters. The summed E-state index contributed by atoms with van der Waals surface area (Å²) in [5.41, 5.74) is -2.42. The van der Waals surface area contributed by atoms with E-state index in [0.29, 0.717) is 0 Å². The zero-order valence-electron chi connectivity index (χ0n) is 11.3. The molecule has 1 saturated carbocycles. The van der Waals surface area contributed by atoms with Crippen LogP contribution in [0, 0.1) is 10.8 Å². The topological polar surface area (TPSA) is 40.5 Å². The van der Waals surface area contributed by atoms with Crippen molar-refractivity contribution in [2.75, 3.05) is 13.1 Å². The summed E-state index contributed by atoms with van der Waals surface area (Å²) in [6, 6.07) is 0.0959. The van der Waals surface area contributed by atoms with Crippen LogP contribution in [-0.4, -0.2) is 41.3 Å². The Hall–Kier alpha value is -0.780. The van der Waals surface area contributed by atoms with Crippen LogP contribution in [0.5, 0.6) is 0 Å². The van der Waals surface area contributed by atoms with Crippen molar-refractivity contribution in [3.63, 3.8) is 0 Å². The lowest BCUT2D eigenvalue weighted by Gasteiger charge is -2.30. The van der Waals surface area contributed by atoms with Crippen molar-refractivity contribution >= 4 is 5.97 Å². The summed E-state index contributed by atoms with van der Waals surface area (Å²) in [4.78, 5) is 12.8. The fraction of sp³-hybridized carbons (Fsp3) is 0.923. The van der Waals surface area contributed by atoms with Crippen molar-refractivity contribution in [3.8, 4) is 0 Å². The molecule has 0 aromatic rings. The Morgan fingerprint density at radius 3 is 2.32 bits per heavy atom. The Morgan fingerprint density at radius 2 is 1.95 bits per heavy atom. The van der Waals surface area contributed by atoms with E-state index in [1.54, 1.807) is 4.90 Å². The van der Waals surface area contributed by atoms with Gasteiger partial charge in [0.15, 0.2) is 5.41 Å². The molecule has 6 heteroatoms. The highest BCUT2D eigenvalue weighted by atomic mass is 19.4. The molecule has 0 amide bonds. The van der Waals surface area contributed by atoms with Crippen LogP contribution in [0.2, 0.25) is 0 Å². The van der Waals surface area contributed by atoms with Crippen molar-refractivity contribution < 1.29 is 23.1 Å². The molecule has 0 aromatic heterocycles. The molecule has 0 radical (unpaired) electrons. The molecule has 2 fully saturated rings. The lowest BCUT2D eigenvalue weighted by Crippen LogP contribution is -2.48. The van der Waals surface area contributed by atoms with Crippen molar-refractivity contribution in [1.29, 1.82) is 0 Å². The van der Waals surface area contributed by atoms with Crippen LogP contribution in [0.25, 0.3) is 0 Å². The quantitative estimate of drug-likeness (QED) is 0.845. The monoisotopic (exact) mass is 279 g/mol. The van der Waals surface area contributed by atoms with E-state index < -0.39 is 24.1 Å². The second-order valence-electron chi connectivity index (χ2n) is 6.67. The first-order valence-electron chi connectivity index (χ1n) is 6.62. The number of hydrogen-bond donors (Lipinski definition) is 1. The molecule has 0 bridgehead atoms. The van der Waals surface area contributed by atoms with Gasteiger partial charge in [-0.25, -0.2) is 0 Å². The van der Waals surface area contributed by atoms with Crippen molar-refractivity contribution in [2.24, 2.45) is 10.8 Å². The second kappa shape index (κ2) is 4.36. The van der Waals surface area contributed by atoms with Crippen molar-refractivity contribution in [3.05, 3.63) is 0 Å². The molecule has 1 saturated heterocycles. The molecule has 2 aliphatic rings. The average molecular weight is 279 g/mol. The van der Waals surface area contributed by atoms with Gasteiger partial charge in [0.1, 0.15) is 0 Å². The van der Waals surface area contributed by atoms with E-state index in [2.05, 4.69) is 13.8 Å². The third-order valence-corrected chi connectivity index (χ3v) is 4.71. The van der Waals surface area contributed by atoms with E-state index in [-0.39, 0.29) is 24.4 Å². The number of carboxylic acids is 1. The van der Waals surface area contributed by atoms with Crippen molar-refractivity contribution in [2.45, 2.75) is 51.7 Å². The maximum absolute atomic E-state index is 13.1. The summed E-state index contributed by atoms with van der Waals surface area (Å²) in [6.07, 6.45) is -2.31. The van der Waals surface area contributed by atoms with Gasteiger partial charge in [-0.05, 0) is 37.6 Å². The smallest absolute Gasteiger partial charge is 0.406 e. The van der Waals surface area contributed by atoms with E-state index in [1.807, 2.05) is 0 Å². The fourth-order valence-electron chi connectivity index (χ4n) is 3.39. The van der Waals surface area contributed by atoms with Gasteiger partial charge in [-0.1, -0.05) is 13.8 Å². The van der Waals surface area contributed by atoms with Crippen molar-refractivity contribution in [1.82, 2.24) is 4.90 Å². The Morgan fingerprint density at radius 1 is 1.32 bits per heavy atom. The number of carboxylic acid groups (broad SMARTS) is 1. The molecule has 1 aliphatic heterocycles. The van der Waals surface area contributed by atoms with E-state index in [4.69, 9.17) is 5.11 Å².